The normalized spacial score (nSPS) is 20.5. The van der Waals surface area contributed by atoms with E-state index in [4.69, 9.17) is 4.42 Å². The summed E-state index contributed by atoms with van der Waals surface area (Å²) in [4.78, 5) is 14.4. The van der Waals surface area contributed by atoms with Crippen LogP contribution in [-0.4, -0.2) is 32.5 Å². The number of aromatic nitrogens is 1. The molecule has 2 heterocycles. The van der Waals surface area contributed by atoms with E-state index >= 15 is 0 Å². The molecule has 1 aliphatic rings. The van der Waals surface area contributed by atoms with Gasteiger partial charge in [0.2, 0.25) is 0 Å². The van der Waals surface area contributed by atoms with Gasteiger partial charge in [0.05, 0.1) is 4.92 Å². The number of fused-ring (bicyclic) bond motifs is 1. The molecule has 1 aliphatic heterocycles. The number of benzene rings is 1. The second kappa shape index (κ2) is 5.90. The van der Waals surface area contributed by atoms with E-state index in [1.807, 2.05) is 0 Å². The van der Waals surface area contributed by atoms with Crippen molar-refractivity contribution in [3.63, 3.8) is 0 Å². The van der Waals surface area contributed by atoms with Crippen molar-refractivity contribution in [1.82, 2.24) is 10.3 Å². The van der Waals surface area contributed by atoms with E-state index in [9.17, 15) is 14.3 Å². The van der Waals surface area contributed by atoms with Crippen molar-refractivity contribution in [2.24, 2.45) is 0 Å². The summed E-state index contributed by atoms with van der Waals surface area (Å²) in [5.74, 6) is 0.453. The first-order valence-electron chi connectivity index (χ1n) is 6.80. The van der Waals surface area contributed by atoms with Crippen LogP contribution in [0.5, 0.6) is 0 Å². The Kier molecular flexibility index (Phi) is 3.98. The summed E-state index contributed by atoms with van der Waals surface area (Å²) in [7, 11) is -1.34. The van der Waals surface area contributed by atoms with Crippen molar-refractivity contribution in [3.8, 4) is 0 Å². The summed E-state index contributed by atoms with van der Waals surface area (Å²) in [5, 5.41) is 14.2. The summed E-state index contributed by atoms with van der Waals surface area (Å²) in [6, 6.07) is 4.38. The van der Waals surface area contributed by atoms with Gasteiger partial charge in [0.15, 0.2) is 5.58 Å². The molecule has 0 bridgehead atoms. The monoisotopic (exact) mass is 309 g/mol. The van der Waals surface area contributed by atoms with Crippen LogP contribution in [0.2, 0.25) is 0 Å². The molecule has 0 amide bonds. The van der Waals surface area contributed by atoms with Gasteiger partial charge in [-0.15, -0.1) is 0 Å². The van der Waals surface area contributed by atoms with Crippen LogP contribution < -0.4 is 5.32 Å². The molecular formula is C13H15N3O4S. The Labute approximate surface area is 123 Å². The lowest BCUT2D eigenvalue weighted by Crippen LogP contribution is -2.38. The molecule has 0 saturated carbocycles. The molecule has 112 valence electrons. The smallest absolute Gasteiger partial charge is 0.287 e. The van der Waals surface area contributed by atoms with Gasteiger partial charge >= 0.3 is 0 Å². The third kappa shape index (κ3) is 3.11. The third-order valence-electron chi connectivity index (χ3n) is 3.52. The highest BCUT2D eigenvalue weighted by molar-refractivity contribution is 7.84. The summed E-state index contributed by atoms with van der Waals surface area (Å²) in [6.07, 6.45) is 3.28. The predicted molar refractivity (Wildman–Crippen MR) is 77.6 cm³/mol. The maximum absolute atomic E-state index is 12.3. The molecule has 2 unspecified atom stereocenters. The molecule has 0 aliphatic carbocycles. The average Bonchev–Trinajstić information content (AvgIpc) is 2.91. The number of hydrogen-bond donors (Lipinski definition) is 1. The van der Waals surface area contributed by atoms with Crippen LogP contribution in [0.3, 0.4) is 0 Å². The molecule has 8 heteroatoms. The second-order valence-corrected chi connectivity index (χ2v) is 6.42. The molecule has 2 atom stereocenters. The molecule has 0 spiro atoms. The van der Waals surface area contributed by atoms with Crippen LogP contribution >= 0.6 is 0 Å². The van der Waals surface area contributed by atoms with Gasteiger partial charge in [-0.2, -0.15) is 0 Å². The zero-order valence-electron chi connectivity index (χ0n) is 11.3. The number of non-ortho nitro benzene ring substituents is 1. The van der Waals surface area contributed by atoms with Gasteiger partial charge in [0.1, 0.15) is 16.3 Å². The maximum atomic E-state index is 12.3. The van der Waals surface area contributed by atoms with Crippen LogP contribution in [0.15, 0.2) is 27.8 Å². The Balaban J connectivity index is 1.79. The van der Waals surface area contributed by atoms with Gasteiger partial charge in [0, 0.05) is 23.9 Å². The molecule has 1 saturated heterocycles. The standard InChI is InChI=1S/C13H15N3O4S/c17-16(18)10-4-5-12-11(7-10)15-13(20-12)21(19)8-9-3-1-2-6-14-9/h4-5,7,9,14H,1-3,6,8H2. The van der Waals surface area contributed by atoms with E-state index in [1.54, 1.807) is 0 Å². The van der Waals surface area contributed by atoms with Crippen molar-refractivity contribution in [1.29, 1.82) is 0 Å². The quantitative estimate of drug-likeness (QED) is 0.685. The van der Waals surface area contributed by atoms with Gasteiger partial charge in [-0.25, -0.2) is 9.19 Å². The average molecular weight is 309 g/mol. The van der Waals surface area contributed by atoms with Crippen LogP contribution in [-0.2, 0) is 10.8 Å². The Morgan fingerprint density at radius 3 is 3.05 bits per heavy atom. The Morgan fingerprint density at radius 2 is 2.33 bits per heavy atom. The van der Waals surface area contributed by atoms with Crippen molar-refractivity contribution >= 4 is 27.6 Å². The fourth-order valence-corrected chi connectivity index (χ4v) is 3.60. The van der Waals surface area contributed by atoms with Gasteiger partial charge in [-0.05, 0) is 25.5 Å². The molecule has 7 nitrogen and oxygen atoms in total. The summed E-state index contributed by atoms with van der Waals surface area (Å²) < 4.78 is 17.7. The minimum Gasteiger partial charge on any atom is -0.430 e. The summed E-state index contributed by atoms with van der Waals surface area (Å²) >= 11 is 0. The van der Waals surface area contributed by atoms with E-state index in [0.29, 0.717) is 16.9 Å². The number of piperidine rings is 1. The van der Waals surface area contributed by atoms with Crippen LogP contribution in [0.25, 0.3) is 11.1 Å². The fourth-order valence-electron chi connectivity index (χ4n) is 2.43. The lowest BCUT2D eigenvalue weighted by molar-refractivity contribution is -0.384. The van der Waals surface area contributed by atoms with Crippen LogP contribution in [0.1, 0.15) is 19.3 Å². The first-order valence-corrected chi connectivity index (χ1v) is 8.12. The number of hydrogen-bond acceptors (Lipinski definition) is 6. The lowest BCUT2D eigenvalue weighted by atomic mass is 10.1. The van der Waals surface area contributed by atoms with Crippen LogP contribution in [0.4, 0.5) is 5.69 Å². The van der Waals surface area contributed by atoms with Crippen LogP contribution in [0, 0.1) is 10.1 Å². The van der Waals surface area contributed by atoms with Crippen molar-refractivity contribution in [2.75, 3.05) is 12.3 Å². The maximum Gasteiger partial charge on any atom is 0.287 e. The van der Waals surface area contributed by atoms with Gasteiger partial charge < -0.3 is 9.73 Å². The molecule has 0 radical (unpaired) electrons. The summed E-state index contributed by atoms with van der Waals surface area (Å²) in [6.45, 7) is 0.946. The zero-order chi connectivity index (χ0) is 14.8. The number of rotatable bonds is 4. The Hall–Kier alpha value is -1.80. The highest BCUT2D eigenvalue weighted by Gasteiger charge is 2.20. The van der Waals surface area contributed by atoms with Crippen molar-refractivity contribution in [2.45, 2.75) is 30.5 Å². The second-order valence-electron chi connectivity index (χ2n) is 5.05. The molecule has 2 aromatic rings. The van der Waals surface area contributed by atoms with E-state index < -0.39 is 15.7 Å². The molecular weight excluding hydrogens is 294 g/mol. The minimum atomic E-state index is -1.34. The number of nitrogens with one attached hydrogen (secondary N) is 1. The number of nitro benzene ring substituents is 1. The van der Waals surface area contributed by atoms with Gasteiger partial charge in [0.25, 0.3) is 10.9 Å². The molecule has 1 N–H and O–H groups in total. The van der Waals surface area contributed by atoms with E-state index in [2.05, 4.69) is 10.3 Å². The van der Waals surface area contributed by atoms with Crippen molar-refractivity contribution < 1.29 is 13.5 Å². The lowest BCUT2D eigenvalue weighted by Gasteiger charge is -2.22. The molecule has 1 fully saturated rings. The number of nitrogens with zero attached hydrogens (tertiary/aromatic N) is 2. The molecule has 1 aromatic carbocycles. The highest BCUT2D eigenvalue weighted by Crippen LogP contribution is 2.23. The van der Waals surface area contributed by atoms with Gasteiger partial charge in [-0.3, -0.25) is 10.1 Å². The molecule has 3 rings (SSSR count). The number of nitro groups is 1. The SMILES string of the molecule is O=[N+]([O-])c1ccc2oc(S(=O)CC3CCCCN3)nc2c1. The van der Waals surface area contributed by atoms with Gasteiger partial charge in [-0.1, -0.05) is 6.42 Å². The zero-order valence-corrected chi connectivity index (χ0v) is 12.1. The first-order chi connectivity index (χ1) is 10.1. The predicted octanol–water partition coefficient (Wildman–Crippen LogP) is 1.99. The molecule has 1 aromatic heterocycles. The molecule has 21 heavy (non-hydrogen) atoms. The Morgan fingerprint density at radius 1 is 1.48 bits per heavy atom. The highest BCUT2D eigenvalue weighted by atomic mass is 32.2. The van der Waals surface area contributed by atoms with Crippen molar-refractivity contribution in [3.05, 3.63) is 28.3 Å². The Bertz CT molecular complexity index is 694. The fraction of sp³-hybridized carbons (Fsp3) is 0.462. The summed E-state index contributed by atoms with van der Waals surface area (Å²) in [5.41, 5.74) is 0.729. The van der Waals surface area contributed by atoms with E-state index in [-0.39, 0.29) is 17.0 Å². The first kappa shape index (κ1) is 14.2. The minimum absolute atomic E-state index is 0.0536. The largest absolute Gasteiger partial charge is 0.430 e. The number of oxazole rings is 1. The van der Waals surface area contributed by atoms with E-state index in [0.717, 1.165) is 25.8 Å². The van der Waals surface area contributed by atoms with E-state index in [1.165, 1.54) is 18.2 Å². The third-order valence-corrected chi connectivity index (χ3v) is 4.79. The topological polar surface area (TPSA) is 98.3 Å².